The van der Waals surface area contributed by atoms with Gasteiger partial charge in [0.05, 0.1) is 11.7 Å². The average Bonchev–Trinajstić information content (AvgIpc) is 3.21. The Labute approximate surface area is 185 Å². The molecule has 8 nitrogen and oxygen atoms in total. The molecule has 6 rings (SSSR count). The molecule has 2 aliphatic rings. The number of hydrogen-bond donors (Lipinski definition) is 2. The lowest BCUT2D eigenvalue weighted by Crippen LogP contribution is -2.59. The second-order valence-electron chi connectivity index (χ2n) is 9.26. The molecule has 1 aliphatic carbocycles. The van der Waals surface area contributed by atoms with Crippen molar-refractivity contribution in [1.29, 1.82) is 0 Å². The minimum atomic E-state index is 0.195. The van der Waals surface area contributed by atoms with Crippen LogP contribution in [0.3, 0.4) is 0 Å². The number of hydrogen-bond acceptors (Lipinski definition) is 6. The molecule has 4 aromatic rings. The third kappa shape index (κ3) is 3.26. The third-order valence-electron chi connectivity index (χ3n) is 7.13. The number of aromatic amines is 1. The molecule has 1 aliphatic heterocycles. The summed E-state index contributed by atoms with van der Waals surface area (Å²) in [4.78, 5) is 26.1. The quantitative estimate of drug-likeness (QED) is 0.516. The lowest BCUT2D eigenvalue weighted by Gasteiger charge is -2.53. The van der Waals surface area contributed by atoms with Gasteiger partial charge in [0, 0.05) is 60.2 Å². The maximum Gasteiger partial charge on any atom is 0.224 e. The number of likely N-dealkylation sites (tertiary alicyclic amines) is 1. The zero-order valence-electron chi connectivity index (χ0n) is 18.0. The second kappa shape index (κ2) is 7.25. The fourth-order valence-corrected chi connectivity index (χ4v) is 5.23. The summed E-state index contributed by atoms with van der Waals surface area (Å²) in [5.41, 5.74) is 4.22. The van der Waals surface area contributed by atoms with Gasteiger partial charge in [-0.1, -0.05) is 6.07 Å². The van der Waals surface area contributed by atoms with Crippen LogP contribution < -0.4 is 5.32 Å². The summed E-state index contributed by atoms with van der Waals surface area (Å²) in [5, 5.41) is 13.7. The predicted octanol–water partition coefficient (Wildman–Crippen LogP) is 3.77. The molecule has 1 saturated heterocycles. The minimum absolute atomic E-state index is 0.195. The number of carbonyl (C=O) groups excluding carboxylic acids is 1. The first-order valence-corrected chi connectivity index (χ1v) is 11.2. The van der Waals surface area contributed by atoms with Gasteiger partial charge in [0.25, 0.3) is 0 Å². The number of nitrogens with one attached hydrogen (secondary N) is 2. The maximum absolute atomic E-state index is 11.5. The monoisotopic (exact) mass is 427 g/mol. The number of amides is 1. The van der Waals surface area contributed by atoms with Gasteiger partial charge in [-0.25, -0.2) is 4.98 Å². The van der Waals surface area contributed by atoms with Crippen molar-refractivity contribution in [3.8, 4) is 11.1 Å². The van der Waals surface area contributed by atoms with Crippen LogP contribution in [0, 0.1) is 5.41 Å². The van der Waals surface area contributed by atoms with E-state index in [0.29, 0.717) is 17.4 Å². The Kier molecular flexibility index (Phi) is 4.34. The van der Waals surface area contributed by atoms with Gasteiger partial charge in [0.1, 0.15) is 5.65 Å². The van der Waals surface area contributed by atoms with Crippen LogP contribution in [0.15, 0.2) is 42.9 Å². The molecule has 2 fully saturated rings. The average molecular weight is 428 g/mol. The van der Waals surface area contributed by atoms with Crippen molar-refractivity contribution in [2.75, 3.05) is 18.4 Å². The molecule has 1 aromatic carbocycles. The molecule has 3 aromatic heterocycles. The van der Waals surface area contributed by atoms with Crippen molar-refractivity contribution < 1.29 is 4.79 Å². The Hall–Kier alpha value is -3.55. The van der Waals surface area contributed by atoms with Gasteiger partial charge in [-0.3, -0.25) is 4.79 Å². The van der Waals surface area contributed by atoms with Crippen LogP contribution in [0.1, 0.15) is 32.6 Å². The molecular formula is C24H25N7O. The van der Waals surface area contributed by atoms with Crippen LogP contribution >= 0.6 is 0 Å². The van der Waals surface area contributed by atoms with E-state index >= 15 is 0 Å². The Balaban J connectivity index is 1.16. The van der Waals surface area contributed by atoms with Gasteiger partial charge in [0.15, 0.2) is 0 Å². The van der Waals surface area contributed by atoms with Gasteiger partial charge in [0.2, 0.25) is 11.9 Å². The van der Waals surface area contributed by atoms with Gasteiger partial charge in [-0.2, -0.15) is 15.2 Å². The first-order chi connectivity index (χ1) is 15.6. The molecule has 0 radical (unpaired) electrons. The molecule has 162 valence electrons. The molecule has 0 bridgehead atoms. The fourth-order valence-electron chi connectivity index (χ4n) is 5.23. The van der Waals surface area contributed by atoms with Crippen molar-refractivity contribution in [3.63, 3.8) is 0 Å². The van der Waals surface area contributed by atoms with E-state index in [1.807, 2.05) is 29.4 Å². The van der Waals surface area contributed by atoms with Gasteiger partial charge in [-0.15, -0.1) is 0 Å². The summed E-state index contributed by atoms with van der Waals surface area (Å²) >= 11 is 0. The lowest BCUT2D eigenvalue weighted by atomic mass is 9.67. The van der Waals surface area contributed by atoms with E-state index < -0.39 is 0 Å². The van der Waals surface area contributed by atoms with Crippen LogP contribution in [0.4, 0.5) is 5.95 Å². The molecule has 0 atom stereocenters. The van der Waals surface area contributed by atoms with Crippen LogP contribution in [-0.4, -0.2) is 55.1 Å². The van der Waals surface area contributed by atoms with E-state index in [1.165, 1.54) is 0 Å². The molecule has 32 heavy (non-hydrogen) atoms. The largest absolute Gasteiger partial charge is 0.351 e. The van der Waals surface area contributed by atoms with Crippen molar-refractivity contribution in [2.24, 2.45) is 5.41 Å². The number of H-pyrrole nitrogens is 1. The van der Waals surface area contributed by atoms with Crippen LogP contribution in [0.5, 0.6) is 0 Å². The smallest absolute Gasteiger partial charge is 0.224 e. The molecule has 2 N–H and O–H groups in total. The van der Waals surface area contributed by atoms with Gasteiger partial charge in [-0.05, 0) is 49.4 Å². The normalized spacial score (nSPS) is 18.2. The standard InChI is InChI=1S/C24H25N7O/c1-15(32)31-13-24(14-31)7-4-18(5-8-24)28-23-26-12-20-19(11-25-22(20)29-23)16-2-3-21-17(10-16)6-9-27-30-21/h2-3,6,9-12,18H,4-5,7-8,13-14H2,1H3,(H2,25,26,28,29). The molecular weight excluding hydrogens is 402 g/mol. The Morgan fingerprint density at radius 1 is 1.22 bits per heavy atom. The highest BCUT2D eigenvalue weighted by molar-refractivity contribution is 5.96. The molecule has 0 unspecified atom stereocenters. The van der Waals surface area contributed by atoms with Crippen LogP contribution in [0.2, 0.25) is 0 Å². The number of anilines is 1. The summed E-state index contributed by atoms with van der Waals surface area (Å²) in [6.45, 7) is 3.50. The van der Waals surface area contributed by atoms with E-state index in [2.05, 4.69) is 37.6 Å². The Bertz CT molecular complexity index is 1310. The van der Waals surface area contributed by atoms with Gasteiger partial charge < -0.3 is 15.2 Å². The molecule has 4 heterocycles. The van der Waals surface area contributed by atoms with Crippen molar-refractivity contribution in [3.05, 3.63) is 42.9 Å². The third-order valence-corrected chi connectivity index (χ3v) is 7.13. The van der Waals surface area contributed by atoms with E-state index in [-0.39, 0.29) is 5.91 Å². The van der Waals surface area contributed by atoms with E-state index in [4.69, 9.17) is 4.98 Å². The zero-order chi connectivity index (χ0) is 21.7. The second-order valence-corrected chi connectivity index (χ2v) is 9.26. The molecule has 1 amide bonds. The zero-order valence-corrected chi connectivity index (χ0v) is 18.0. The number of rotatable bonds is 3. The van der Waals surface area contributed by atoms with Crippen LogP contribution in [0.25, 0.3) is 33.1 Å². The summed E-state index contributed by atoms with van der Waals surface area (Å²) in [6, 6.07) is 8.50. The first-order valence-electron chi connectivity index (χ1n) is 11.2. The highest BCUT2D eigenvalue weighted by Crippen LogP contribution is 2.44. The van der Waals surface area contributed by atoms with E-state index in [1.54, 1.807) is 13.1 Å². The first kappa shape index (κ1) is 19.2. The predicted molar refractivity (Wildman–Crippen MR) is 123 cm³/mol. The number of fused-ring (bicyclic) bond motifs is 2. The van der Waals surface area contributed by atoms with Crippen LogP contribution in [-0.2, 0) is 4.79 Å². The Morgan fingerprint density at radius 3 is 2.88 bits per heavy atom. The van der Waals surface area contributed by atoms with Crippen molar-refractivity contribution >= 4 is 33.8 Å². The van der Waals surface area contributed by atoms with E-state index in [9.17, 15) is 4.79 Å². The highest BCUT2D eigenvalue weighted by Gasteiger charge is 2.46. The molecule has 1 saturated carbocycles. The maximum atomic E-state index is 11.5. The Morgan fingerprint density at radius 2 is 2.06 bits per heavy atom. The molecule has 8 heteroatoms. The summed E-state index contributed by atoms with van der Waals surface area (Å²) in [6.07, 6.45) is 10.1. The topological polar surface area (TPSA) is 99.7 Å². The number of nitrogens with zero attached hydrogens (tertiary/aromatic N) is 5. The van der Waals surface area contributed by atoms with Gasteiger partial charge >= 0.3 is 0 Å². The number of aromatic nitrogens is 5. The van der Waals surface area contributed by atoms with Crippen molar-refractivity contribution in [2.45, 2.75) is 38.6 Å². The summed E-state index contributed by atoms with van der Waals surface area (Å²) in [7, 11) is 0. The van der Waals surface area contributed by atoms with Crippen molar-refractivity contribution in [1.82, 2.24) is 30.0 Å². The SMILES string of the molecule is CC(=O)N1CC2(CCC(Nc3ncc4c(-c5ccc6nnccc6c5)c[nH]c4n3)CC2)C1. The highest BCUT2D eigenvalue weighted by atomic mass is 16.2. The number of carbonyl (C=O) groups is 1. The lowest BCUT2D eigenvalue weighted by molar-refractivity contribution is -0.143. The number of benzene rings is 1. The minimum Gasteiger partial charge on any atom is -0.351 e. The van der Waals surface area contributed by atoms with E-state index in [0.717, 1.165) is 71.8 Å². The molecule has 1 spiro atoms. The summed E-state index contributed by atoms with van der Waals surface area (Å²) < 4.78 is 0. The fraction of sp³-hybridized carbons (Fsp3) is 0.375. The summed E-state index contributed by atoms with van der Waals surface area (Å²) in [5.74, 6) is 0.861.